The Morgan fingerprint density at radius 1 is 1.29 bits per heavy atom. The van der Waals surface area contributed by atoms with Crippen LogP contribution in [0.15, 0.2) is 35.5 Å². The van der Waals surface area contributed by atoms with Crippen molar-refractivity contribution in [1.29, 1.82) is 0 Å². The van der Waals surface area contributed by atoms with E-state index in [1.165, 1.54) is 18.2 Å². The number of halogens is 3. The molecular formula is C12H12F3N3O2S. The summed E-state index contributed by atoms with van der Waals surface area (Å²) in [7, 11) is -3.94. The maximum Gasteiger partial charge on any atom is 0.416 e. The van der Waals surface area contributed by atoms with Gasteiger partial charge in [0.15, 0.2) is 5.03 Å². The third-order valence-electron chi connectivity index (χ3n) is 2.74. The molecule has 0 saturated heterocycles. The predicted molar refractivity (Wildman–Crippen MR) is 68.8 cm³/mol. The van der Waals surface area contributed by atoms with Gasteiger partial charge < -0.3 is 4.98 Å². The van der Waals surface area contributed by atoms with Crippen LogP contribution in [0.25, 0.3) is 0 Å². The number of nitrogens with zero attached hydrogens (tertiary/aromatic N) is 1. The average Bonchev–Trinajstić information content (AvgIpc) is 2.83. The van der Waals surface area contributed by atoms with E-state index in [9.17, 15) is 21.6 Å². The van der Waals surface area contributed by atoms with Crippen LogP contribution in [-0.4, -0.2) is 18.4 Å². The van der Waals surface area contributed by atoms with Crippen LogP contribution in [-0.2, 0) is 22.7 Å². The Balaban J connectivity index is 2.21. The third kappa shape index (κ3) is 3.61. The van der Waals surface area contributed by atoms with Gasteiger partial charge in [-0.15, -0.1) is 0 Å². The van der Waals surface area contributed by atoms with Crippen molar-refractivity contribution in [3.05, 3.63) is 47.4 Å². The van der Waals surface area contributed by atoms with Gasteiger partial charge in [0.2, 0.25) is 0 Å². The molecule has 1 aromatic heterocycles. The number of nitrogens with one attached hydrogen (secondary N) is 2. The van der Waals surface area contributed by atoms with E-state index >= 15 is 0 Å². The van der Waals surface area contributed by atoms with E-state index < -0.39 is 28.3 Å². The van der Waals surface area contributed by atoms with Gasteiger partial charge in [-0.05, 0) is 18.6 Å². The van der Waals surface area contributed by atoms with Crippen molar-refractivity contribution in [1.82, 2.24) is 14.7 Å². The summed E-state index contributed by atoms with van der Waals surface area (Å²) in [6.07, 6.45) is -3.43. The van der Waals surface area contributed by atoms with Crippen LogP contribution in [0.5, 0.6) is 0 Å². The zero-order valence-corrected chi connectivity index (χ0v) is 11.7. The maximum atomic E-state index is 12.8. The molecule has 2 rings (SSSR count). The number of aromatic nitrogens is 2. The highest BCUT2D eigenvalue weighted by molar-refractivity contribution is 7.89. The van der Waals surface area contributed by atoms with E-state index in [0.29, 0.717) is 5.82 Å². The molecule has 9 heteroatoms. The van der Waals surface area contributed by atoms with Gasteiger partial charge in [0.05, 0.1) is 11.8 Å². The number of alkyl halides is 3. The molecule has 114 valence electrons. The van der Waals surface area contributed by atoms with Crippen molar-refractivity contribution in [3.63, 3.8) is 0 Å². The van der Waals surface area contributed by atoms with Crippen LogP contribution >= 0.6 is 0 Å². The molecule has 2 N–H and O–H groups in total. The largest absolute Gasteiger partial charge is 0.416 e. The van der Waals surface area contributed by atoms with Crippen LogP contribution in [0, 0.1) is 6.92 Å². The molecule has 0 aliphatic rings. The van der Waals surface area contributed by atoms with Gasteiger partial charge in [-0.3, -0.25) is 0 Å². The summed E-state index contributed by atoms with van der Waals surface area (Å²) in [4.78, 5) is 6.25. The fourth-order valence-corrected chi connectivity index (χ4v) is 2.71. The fraction of sp³-hybridized carbons (Fsp3) is 0.250. The first-order chi connectivity index (χ1) is 9.70. The monoisotopic (exact) mass is 319 g/mol. The van der Waals surface area contributed by atoms with E-state index in [1.807, 2.05) is 0 Å². The summed E-state index contributed by atoms with van der Waals surface area (Å²) in [6.45, 7) is 1.11. The number of aromatic amines is 1. The lowest BCUT2D eigenvalue weighted by molar-refractivity contribution is -0.138. The van der Waals surface area contributed by atoms with Crippen molar-refractivity contribution in [2.75, 3.05) is 0 Å². The number of sulfonamides is 1. The quantitative estimate of drug-likeness (QED) is 0.907. The predicted octanol–water partition coefficient (Wildman–Crippen LogP) is 2.22. The molecule has 0 atom stereocenters. The lowest BCUT2D eigenvalue weighted by atomic mass is 10.1. The molecular weight excluding hydrogens is 307 g/mol. The lowest BCUT2D eigenvalue weighted by Crippen LogP contribution is -2.25. The second-order valence-corrected chi connectivity index (χ2v) is 6.05. The normalized spacial score (nSPS) is 12.6. The van der Waals surface area contributed by atoms with E-state index in [4.69, 9.17) is 0 Å². The van der Waals surface area contributed by atoms with Crippen molar-refractivity contribution in [2.24, 2.45) is 0 Å². The fourth-order valence-electron chi connectivity index (χ4n) is 1.74. The molecule has 1 heterocycles. The highest BCUT2D eigenvalue weighted by Crippen LogP contribution is 2.31. The summed E-state index contributed by atoms with van der Waals surface area (Å²) < 4.78 is 64.4. The number of hydrogen-bond acceptors (Lipinski definition) is 3. The molecule has 2 aromatic rings. The number of rotatable bonds is 4. The molecule has 0 aliphatic carbocycles. The van der Waals surface area contributed by atoms with E-state index in [1.54, 1.807) is 6.92 Å². The average molecular weight is 319 g/mol. The van der Waals surface area contributed by atoms with Crippen LogP contribution in [0.2, 0.25) is 0 Å². The van der Waals surface area contributed by atoms with Crippen molar-refractivity contribution >= 4 is 10.0 Å². The van der Waals surface area contributed by atoms with Gasteiger partial charge in [-0.1, -0.05) is 18.2 Å². The van der Waals surface area contributed by atoms with Gasteiger partial charge in [-0.25, -0.2) is 18.1 Å². The van der Waals surface area contributed by atoms with Gasteiger partial charge in [0.1, 0.15) is 5.82 Å². The summed E-state index contributed by atoms with van der Waals surface area (Å²) >= 11 is 0. The van der Waals surface area contributed by atoms with E-state index in [2.05, 4.69) is 14.7 Å². The molecule has 0 amide bonds. The first-order valence-corrected chi connectivity index (χ1v) is 7.35. The van der Waals surface area contributed by atoms with Gasteiger partial charge in [0.25, 0.3) is 10.0 Å². The summed E-state index contributed by atoms with van der Waals surface area (Å²) in [5.41, 5.74) is -1.02. The first kappa shape index (κ1) is 15.5. The number of H-pyrrole nitrogens is 1. The van der Waals surface area contributed by atoms with Crippen molar-refractivity contribution < 1.29 is 21.6 Å². The molecule has 0 aliphatic heterocycles. The Labute approximate surface area is 119 Å². The second kappa shape index (κ2) is 5.49. The second-order valence-electron chi connectivity index (χ2n) is 4.31. The summed E-state index contributed by atoms with van der Waals surface area (Å²) in [5, 5.41) is -0.190. The van der Waals surface area contributed by atoms with Crippen LogP contribution in [0.1, 0.15) is 17.0 Å². The molecule has 1 aromatic carbocycles. The lowest BCUT2D eigenvalue weighted by Gasteiger charge is -2.13. The zero-order chi connectivity index (χ0) is 15.7. The topological polar surface area (TPSA) is 74.8 Å². The van der Waals surface area contributed by atoms with Crippen molar-refractivity contribution in [2.45, 2.75) is 24.7 Å². The van der Waals surface area contributed by atoms with Crippen LogP contribution in [0.3, 0.4) is 0 Å². The smallest absolute Gasteiger partial charge is 0.332 e. The third-order valence-corrected chi connectivity index (χ3v) is 4.06. The van der Waals surface area contributed by atoms with Crippen LogP contribution < -0.4 is 4.72 Å². The van der Waals surface area contributed by atoms with Crippen molar-refractivity contribution in [3.8, 4) is 0 Å². The molecule has 0 bridgehead atoms. The Kier molecular flexibility index (Phi) is 4.06. The minimum Gasteiger partial charge on any atom is -0.332 e. The number of benzene rings is 1. The van der Waals surface area contributed by atoms with Crippen LogP contribution in [0.4, 0.5) is 13.2 Å². The molecule has 0 spiro atoms. The summed E-state index contributed by atoms with van der Waals surface area (Å²) in [5.74, 6) is 0.395. The molecule has 21 heavy (non-hydrogen) atoms. The van der Waals surface area contributed by atoms with E-state index in [-0.39, 0.29) is 10.6 Å². The molecule has 0 fully saturated rings. The molecule has 0 unspecified atom stereocenters. The molecule has 0 saturated carbocycles. The number of imidazole rings is 1. The Morgan fingerprint density at radius 2 is 1.95 bits per heavy atom. The van der Waals surface area contributed by atoms with Gasteiger partial charge >= 0.3 is 6.18 Å². The van der Waals surface area contributed by atoms with Gasteiger partial charge in [0, 0.05) is 6.54 Å². The Hall–Kier alpha value is -1.87. The first-order valence-electron chi connectivity index (χ1n) is 5.86. The Morgan fingerprint density at radius 3 is 2.52 bits per heavy atom. The highest BCUT2D eigenvalue weighted by Gasteiger charge is 2.33. The summed E-state index contributed by atoms with van der Waals surface area (Å²) in [6, 6.07) is 4.80. The Bertz CT molecular complexity index is 738. The number of hydrogen-bond donors (Lipinski definition) is 2. The highest BCUT2D eigenvalue weighted by atomic mass is 32.2. The minimum atomic E-state index is -4.54. The minimum absolute atomic E-state index is 0.148. The van der Waals surface area contributed by atoms with Gasteiger partial charge in [-0.2, -0.15) is 13.2 Å². The standard InChI is InChI=1S/C12H12F3N3O2S/c1-8-16-7-11(18-8)21(19,20)17-6-9-4-2-3-5-10(9)12(13,14)15/h2-5,7,17H,6H2,1H3,(H,16,18). The number of aryl methyl sites for hydroxylation is 1. The van der Waals surface area contributed by atoms with E-state index in [0.717, 1.165) is 12.3 Å². The molecule has 5 nitrogen and oxygen atoms in total. The maximum absolute atomic E-state index is 12.8. The molecule has 0 radical (unpaired) electrons. The SMILES string of the molecule is Cc1ncc(S(=O)(=O)NCc2ccccc2C(F)(F)F)[nH]1. The zero-order valence-electron chi connectivity index (χ0n) is 10.9.